The molecule has 0 spiro atoms. The van der Waals surface area contributed by atoms with Crippen molar-refractivity contribution in [3.05, 3.63) is 43.4 Å². The first-order valence-corrected chi connectivity index (χ1v) is 8.33. The molecule has 1 saturated carbocycles. The number of furan rings is 1. The third kappa shape index (κ3) is 2.95. The van der Waals surface area contributed by atoms with Crippen molar-refractivity contribution in [3.63, 3.8) is 0 Å². The summed E-state index contributed by atoms with van der Waals surface area (Å²) in [6.07, 6.45) is 3.81. The van der Waals surface area contributed by atoms with Gasteiger partial charge in [-0.1, -0.05) is 0 Å². The Balaban J connectivity index is 1.81. The Hall–Kier alpha value is -0.590. The van der Waals surface area contributed by atoms with Crippen molar-refractivity contribution in [2.75, 3.05) is 0 Å². The number of nitrogens with zero attached hydrogens (tertiary/aromatic N) is 1. The smallest absolute Gasteiger partial charge is 0.264 e. The van der Waals surface area contributed by atoms with Crippen molar-refractivity contribution in [2.45, 2.75) is 25.4 Å². The molecule has 0 saturated heterocycles. The van der Waals surface area contributed by atoms with Gasteiger partial charge in [0.1, 0.15) is 5.76 Å². The average Bonchev–Trinajstić information content (AvgIpc) is 3.00. The Morgan fingerprint density at radius 2 is 2.26 bits per heavy atom. The van der Waals surface area contributed by atoms with Crippen molar-refractivity contribution in [1.29, 1.82) is 0 Å². The molecular weight excluding hydrogens is 394 g/mol. The molecular formula is C13H11Br2NO2S. The third-order valence-electron chi connectivity index (χ3n) is 3.01. The van der Waals surface area contributed by atoms with E-state index in [1.54, 1.807) is 6.26 Å². The summed E-state index contributed by atoms with van der Waals surface area (Å²) in [6.45, 7) is 0.545. The van der Waals surface area contributed by atoms with Crippen LogP contribution in [0.2, 0.25) is 0 Å². The van der Waals surface area contributed by atoms with Crippen molar-refractivity contribution in [1.82, 2.24) is 4.90 Å². The van der Waals surface area contributed by atoms with Gasteiger partial charge in [-0.15, -0.1) is 11.3 Å². The van der Waals surface area contributed by atoms with E-state index in [0.717, 1.165) is 31.7 Å². The third-order valence-corrected chi connectivity index (χ3v) is 6.25. The Bertz CT molecular complexity index is 570. The van der Waals surface area contributed by atoms with Crippen LogP contribution in [0.1, 0.15) is 28.3 Å². The molecule has 0 atom stereocenters. The highest BCUT2D eigenvalue weighted by atomic mass is 79.9. The highest BCUT2D eigenvalue weighted by Gasteiger charge is 2.34. The fraction of sp³-hybridized carbons (Fsp3) is 0.308. The lowest BCUT2D eigenvalue weighted by molar-refractivity contribution is 0.0722. The van der Waals surface area contributed by atoms with Crippen LogP contribution in [0.15, 0.2) is 37.1 Å². The van der Waals surface area contributed by atoms with Gasteiger partial charge in [-0.3, -0.25) is 4.79 Å². The fourth-order valence-corrected chi connectivity index (χ4v) is 3.91. The molecule has 2 aromatic heterocycles. The fourth-order valence-electron chi connectivity index (χ4n) is 1.92. The molecule has 6 heteroatoms. The van der Waals surface area contributed by atoms with E-state index in [0.29, 0.717) is 12.6 Å². The lowest BCUT2D eigenvalue weighted by Gasteiger charge is -2.20. The molecule has 1 aliphatic carbocycles. The molecule has 2 heterocycles. The molecule has 1 aliphatic rings. The van der Waals surface area contributed by atoms with Crippen LogP contribution >= 0.6 is 43.2 Å². The largest absolute Gasteiger partial charge is 0.467 e. The number of thiophene rings is 1. The van der Waals surface area contributed by atoms with Gasteiger partial charge in [0, 0.05) is 10.5 Å². The van der Waals surface area contributed by atoms with E-state index in [-0.39, 0.29) is 5.91 Å². The number of hydrogen-bond donors (Lipinski definition) is 0. The van der Waals surface area contributed by atoms with Crippen LogP contribution in [-0.2, 0) is 6.54 Å². The summed E-state index contributed by atoms with van der Waals surface area (Å²) in [5.74, 6) is 0.908. The van der Waals surface area contributed by atoms with Crippen molar-refractivity contribution in [2.24, 2.45) is 0 Å². The minimum Gasteiger partial charge on any atom is -0.467 e. The van der Waals surface area contributed by atoms with Gasteiger partial charge < -0.3 is 9.32 Å². The molecule has 100 valence electrons. The molecule has 0 aromatic carbocycles. The van der Waals surface area contributed by atoms with Gasteiger partial charge in [-0.2, -0.15) is 0 Å². The predicted octanol–water partition coefficient (Wildman–Crippen LogP) is 4.67. The first-order valence-electron chi connectivity index (χ1n) is 5.93. The molecule has 0 bridgehead atoms. The molecule has 19 heavy (non-hydrogen) atoms. The van der Waals surface area contributed by atoms with Gasteiger partial charge in [0.2, 0.25) is 0 Å². The zero-order valence-electron chi connectivity index (χ0n) is 9.94. The van der Waals surface area contributed by atoms with E-state index < -0.39 is 0 Å². The normalized spacial score (nSPS) is 14.6. The predicted molar refractivity (Wildman–Crippen MR) is 81.3 cm³/mol. The maximum absolute atomic E-state index is 12.6. The Labute approximate surface area is 131 Å². The summed E-state index contributed by atoms with van der Waals surface area (Å²) in [6, 6.07) is 5.98. The summed E-state index contributed by atoms with van der Waals surface area (Å²) >= 11 is 8.31. The van der Waals surface area contributed by atoms with Crippen LogP contribution in [-0.4, -0.2) is 16.8 Å². The van der Waals surface area contributed by atoms with E-state index in [4.69, 9.17) is 4.42 Å². The summed E-state index contributed by atoms with van der Waals surface area (Å²) < 4.78 is 7.22. The van der Waals surface area contributed by atoms with E-state index in [2.05, 4.69) is 31.9 Å². The second kappa shape index (κ2) is 5.42. The van der Waals surface area contributed by atoms with Crippen LogP contribution in [0, 0.1) is 0 Å². The first kappa shape index (κ1) is 13.4. The Morgan fingerprint density at radius 3 is 2.79 bits per heavy atom. The van der Waals surface area contributed by atoms with Crippen LogP contribution in [0.25, 0.3) is 0 Å². The van der Waals surface area contributed by atoms with Crippen molar-refractivity contribution < 1.29 is 9.21 Å². The van der Waals surface area contributed by atoms with Gasteiger partial charge in [-0.25, -0.2) is 0 Å². The highest BCUT2D eigenvalue weighted by molar-refractivity contribution is 9.13. The molecule has 0 N–H and O–H groups in total. The van der Waals surface area contributed by atoms with Gasteiger partial charge >= 0.3 is 0 Å². The number of rotatable bonds is 4. The Morgan fingerprint density at radius 1 is 1.47 bits per heavy atom. The van der Waals surface area contributed by atoms with Crippen LogP contribution in [0.5, 0.6) is 0 Å². The number of carbonyl (C=O) groups is 1. The monoisotopic (exact) mass is 403 g/mol. The number of carbonyl (C=O) groups excluding carboxylic acids is 1. The molecule has 0 radical (unpaired) electrons. The SMILES string of the molecule is O=C(c1cc(Br)c(Br)s1)N(Cc1ccco1)C1CC1. The van der Waals surface area contributed by atoms with E-state index in [1.807, 2.05) is 23.1 Å². The molecule has 3 nitrogen and oxygen atoms in total. The van der Waals surface area contributed by atoms with E-state index in [1.165, 1.54) is 11.3 Å². The van der Waals surface area contributed by atoms with Gasteiger partial charge in [0.15, 0.2) is 0 Å². The van der Waals surface area contributed by atoms with Crippen LogP contribution in [0.4, 0.5) is 0 Å². The second-order valence-corrected chi connectivity index (χ2v) is 7.70. The maximum Gasteiger partial charge on any atom is 0.264 e. The minimum absolute atomic E-state index is 0.0790. The average molecular weight is 405 g/mol. The highest BCUT2D eigenvalue weighted by Crippen LogP contribution is 2.36. The van der Waals surface area contributed by atoms with Gasteiger partial charge in [-0.05, 0) is 62.9 Å². The van der Waals surface area contributed by atoms with E-state index >= 15 is 0 Å². The molecule has 0 unspecified atom stereocenters. The maximum atomic E-state index is 12.6. The second-order valence-electron chi connectivity index (χ2n) is 4.48. The molecule has 1 fully saturated rings. The number of hydrogen-bond acceptors (Lipinski definition) is 3. The van der Waals surface area contributed by atoms with Crippen molar-refractivity contribution in [3.8, 4) is 0 Å². The minimum atomic E-state index is 0.0790. The molecule has 1 amide bonds. The van der Waals surface area contributed by atoms with Gasteiger partial charge in [0.25, 0.3) is 5.91 Å². The first-order chi connectivity index (χ1) is 9.15. The Kier molecular flexibility index (Phi) is 3.82. The number of halogens is 2. The lowest BCUT2D eigenvalue weighted by Crippen LogP contribution is -2.31. The topological polar surface area (TPSA) is 33.5 Å². The molecule has 3 rings (SSSR count). The summed E-state index contributed by atoms with van der Waals surface area (Å²) in [7, 11) is 0. The van der Waals surface area contributed by atoms with Crippen LogP contribution < -0.4 is 0 Å². The summed E-state index contributed by atoms with van der Waals surface area (Å²) in [5.41, 5.74) is 0. The molecule has 2 aromatic rings. The summed E-state index contributed by atoms with van der Waals surface area (Å²) in [4.78, 5) is 15.2. The standard InChI is InChI=1S/C13H11Br2NO2S/c14-10-6-11(19-12(10)15)13(17)16(8-3-4-8)7-9-2-1-5-18-9/h1-2,5-6,8H,3-4,7H2. The van der Waals surface area contributed by atoms with Crippen molar-refractivity contribution >= 4 is 49.1 Å². The zero-order chi connectivity index (χ0) is 13.4. The van der Waals surface area contributed by atoms with Gasteiger partial charge in [0.05, 0.1) is 21.5 Å². The van der Waals surface area contributed by atoms with Crippen LogP contribution in [0.3, 0.4) is 0 Å². The number of amides is 1. The van der Waals surface area contributed by atoms with E-state index in [9.17, 15) is 4.79 Å². The lowest BCUT2D eigenvalue weighted by atomic mass is 10.3. The quantitative estimate of drug-likeness (QED) is 0.741. The summed E-state index contributed by atoms with van der Waals surface area (Å²) in [5, 5.41) is 0. The zero-order valence-corrected chi connectivity index (χ0v) is 13.9. The molecule has 0 aliphatic heterocycles.